The summed E-state index contributed by atoms with van der Waals surface area (Å²) in [4.78, 5) is 15.9. The van der Waals surface area contributed by atoms with Gasteiger partial charge in [-0.2, -0.15) is 0 Å². The number of nitrogens with one attached hydrogen (secondary N) is 1. The van der Waals surface area contributed by atoms with E-state index >= 15 is 0 Å². The molecule has 0 unspecified atom stereocenters. The van der Waals surface area contributed by atoms with Crippen molar-refractivity contribution in [3.8, 4) is 11.3 Å². The molecule has 3 rings (SSSR count). The maximum absolute atomic E-state index is 12.4. The fraction of sp³-hybridized carbons (Fsp3) is 0.269. The van der Waals surface area contributed by atoms with Crippen LogP contribution < -0.4 is 0 Å². The Morgan fingerprint density at radius 3 is 2.29 bits per heavy atom. The first-order chi connectivity index (χ1) is 13.8. The van der Waals surface area contributed by atoms with Gasteiger partial charge in [-0.25, -0.2) is 0 Å². The van der Waals surface area contributed by atoms with Gasteiger partial charge in [0.25, 0.3) is 0 Å². The van der Waals surface area contributed by atoms with E-state index < -0.39 is 0 Å². The van der Waals surface area contributed by atoms with Crippen LogP contribution in [0.2, 0.25) is 0 Å². The van der Waals surface area contributed by atoms with Crippen LogP contribution in [0.4, 0.5) is 0 Å². The molecule has 0 fully saturated rings. The Morgan fingerprint density at radius 2 is 1.57 bits per heavy atom. The highest BCUT2D eigenvalue weighted by Crippen LogP contribution is 2.26. The summed E-state index contributed by atoms with van der Waals surface area (Å²) < 4.78 is 0. The summed E-state index contributed by atoms with van der Waals surface area (Å²) in [6.45, 7) is 2.25. The second kappa shape index (κ2) is 10.5. The lowest BCUT2D eigenvalue weighted by molar-refractivity contribution is 0.104. The summed E-state index contributed by atoms with van der Waals surface area (Å²) in [5, 5.41) is 0. The van der Waals surface area contributed by atoms with Crippen molar-refractivity contribution >= 4 is 11.9 Å². The molecule has 0 amide bonds. The molecular weight excluding hydrogens is 342 g/mol. The van der Waals surface area contributed by atoms with Gasteiger partial charge in [0, 0.05) is 17.0 Å². The van der Waals surface area contributed by atoms with Gasteiger partial charge in [-0.1, -0.05) is 93.3 Å². The normalized spacial score (nSPS) is 11.2. The molecule has 28 heavy (non-hydrogen) atoms. The number of unbranched alkanes of at least 4 members (excludes halogenated alkanes) is 4. The van der Waals surface area contributed by atoms with Crippen molar-refractivity contribution in [1.29, 1.82) is 0 Å². The number of allylic oxidation sites excluding steroid dienone is 1. The number of carbonyl (C=O) groups is 1. The van der Waals surface area contributed by atoms with E-state index in [9.17, 15) is 4.79 Å². The molecule has 0 radical (unpaired) electrons. The van der Waals surface area contributed by atoms with E-state index in [2.05, 4.69) is 42.2 Å². The van der Waals surface area contributed by atoms with Crippen LogP contribution in [0.1, 0.15) is 60.6 Å². The first kappa shape index (κ1) is 19.9. The average Bonchev–Trinajstić information content (AvgIpc) is 3.16. The molecular formula is C26H29NO. The summed E-state index contributed by atoms with van der Waals surface area (Å²) in [6.07, 6.45) is 11.0. The van der Waals surface area contributed by atoms with Crippen LogP contribution in [0, 0.1) is 0 Å². The fourth-order valence-electron chi connectivity index (χ4n) is 3.45. The molecule has 2 aromatic carbocycles. The van der Waals surface area contributed by atoms with E-state index in [0.717, 1.165) is 12.1 Å². The van der Waals surface area contributed by atoms with Crippen LogP contribution in [0.25, 0.3) is 17.3 Å². The number of aromatic nitrogens is 1. The monoisotopic (exact) mass is 371 g/mol. The fourth-order valence-corrected chi connectivity index (χ4v) is 3.45. The first-order valence-electron chi connectivity index (χ1n) is 10.3. The van der Waals surface area contributed by atoms with E-state index in [4.69, 9.17) is 0 Å². The topological polar surface area (TPSA) is 32.9 Å². The average molecular weight is 372 g/mol. The van der Waals surface area contributed by atoms with E-state index in [0.29, 0.717) is 5.56 Å². The lowest BCUT2D eigenvalue weighted by atomic mass is 10.0. The molecule has 2 nitrogen and oxygen atoms in total. The zero-order valence-corrected chi connectivity index (χ0v) is 16.7. The predicted octanol–water partition coefficient (Wildman–Crippen LogP) is 7.09. The third kappa shape index (κ3) is 5.56. The molecule has 1 aromatic heterocycles. The lowest BCUT2D eigenvalue weighted by Gasteiger charge is -2.04. The molecule has 2 heteroatoms. The van der Waals surface area contributed by atoms with Crippen molar-refractivity contribution in [2.75, 3.05) is 0 Å². The van der Waals surface area contributed by atoms with Crippen LogP contribution >= 0.6 is 0 Å². The van der Waals surface area contributed by atoms with Crippen LogP contribution in [-0.2, 0) is 6.42 Å². The molecule has 1 N–H and O–H groups in total. The van der Waals surface area contributed by atoms with Gasteiger partial charge < -0.3 is 4.98 Å². The first-order valence-corrected chi connectivity index (χ1v) is 10.3. The molecule has 0 aliphatic heterocycles. The largest absolute Gasteiger partial charge is 0.355 e. The molecule has 0 aliphatic rings. The number of hydrogen-bond acceptors (Lipinski definition) is 1. The molecule has 144 valence electrons. The molecule has 3 aromatic rings. The maximum Gasteiger partial charge on any atom is 0.185 e. The molecule has 0 saturated heterocycles. The number of H-pyrrole nitrogens is 1. The molecule has 0 spiro atoms. The van der Waals surface area contributed by atoms with Crippen molar-refractivity contribution in [3.63, 3.8) is 0 Å². The van der Waals surface area contributed by atoms with Gasteiger partial charge >= 0.3 is 0 Å². The summed E-state index contributed by atoms with van der Waals surface area (Å²) >= 11 is 0. The number of aryl methyl sites for hydroxylation is 1. The van der Waals surface area contributed by atoms with Gasteiger partial charge in [0.1, 0.15) is 0 Å². The van der Waals surface area contributed by atoms with Crippen molar-refractivity contribution in [1.82, 2.24) is 4.98 Å². The van der Waals surface area contributed by atoms with Crippen LogP contribution in [0.15, 0.2) is 72.8 Å². The summed E-state index contributed by atoms with van der Waals surface area (Å²) in [5.41, 5.74) is 5.38. The van der Waals surface area contributed by atoms with Crippen molar-refractivity contribution in [3.05, 3.63) is 89.6 Å². The van der Waals surface area contributed by atoms with Gasteiger partial charge in [0.2, 0.25) is 0 Å². The highest BCUT2D eigenvalue weighted by atomic mass is 16.1. The smallest absolute Gasteiger partial charge is 0.185 e. The van der Waals surface area contributed by atoms with Crippen molar-refractivity contribution in [2.24, 2.45) is 0 Å². The van der Waals surface area contributed by atoms with E-state index in [1.165, 1.54) is 48.9 Å². The molecule has 0 saturated carbocycles. The number of rotatable bonds is 10. The predicted molar refractivity (Wildman–Crippen MR) is 118 cm³/mol. The number of ketones is 1. The van der Waals surface area contributed by atoms with Crippen LogP contribution in [0.5, 0.6) is 0 Å². The second-order valence-corrected chi connectivity index (χ2v) is 7.22. The van der Waals surface area contributed by atoms with Crippen molar-refractivity contribution in [2.45, 2.75) is 45.4 Å². The number of benzene rings is 2. The van der Waals surface area contributed by atoms with Gasteiger partial charge in [-0.15, -0.1) is 0 Å². The van der Waals surface area contributed by atoms with Crippen LogP contribution in [0.3, 0.4) is 0 Å². The minimum atomic E-state index is 0.0255. The van der Waals surface area contributed by atoms with E-state index in [1.54, 1.807) is 6.08 Å². The van der Waals surface area contributed by atoms with Gasteiger partial charge in [0.15, 0.2) is 5.78 Å². The lowest BCUT2D eigenvalue weighted by Crippen LogP contribution is -1.92. The Balaban J connectivity index is 1.76. The maximum atomic E-state index is 12.4. The summed E-state index contributed by atoms with van der Waals surface area (Å²) in [7, 11) is 0. The Labute approximate surface area is 168 Å². The van der Waals surface area contributed by atoms with E-state index in [1.807, 2.05) is 42.5 Å². The molecule has 0 bridgehead atoms. The Kier molecular flexibility index (Phi) is 7.43. The SMILES string of the molecule is CCCCCCCc1cc(C=CC(=O)c2ccccc2)[nH]c1-c1ccccc1. The Hall–Kier alpha value is -2.87. The highest BCUT2D eigenvalue weighted by molar-refractivity contribution is 6.06. The molecule has 0 atom stereocenters. The number of carbonyl (C=O) groups excluding carboxylic acids is 1. The molecule has 0 aliphatic carbocycles. The zero-order chi connectivity index (χ0) is 19.6. The number of aromatic amines is 1. The minimum absolute atomic E-state index is 0.0255. The number of hydrogen-bond donors (Lipinski definition) is 1. The highest BCUT2D eigenvalue weighted by Gasteiger charge is 2.09. The van der Waals surface area contributed by atoms with Gasteiger partial charge in [-0.05, 0) is 42.2 Å². The van der Waals surface area contributed by atoms with E-state index in [-0.39, 0.29) is 5.78 Å². The standard InChI is InChI=1S/C26H29NO/c1-2-3-4-5-8-17-23-20-24(27-26(23)22-15-11-7-12-16-22)18-19-25(28)21-13-9-6-10-14-21/h6-7,9-16,18-20,27H,2-5,8,17H2,1H3. The quantitative estimate of drug-likeness (QED) is 0.230. The van der Waals surface area contributed by atoms with Crippen molar-refractivity contribution < 1.29 is 4.79 Å². The summed E-state index contributed by atoms with van der Waals surface area (Å²) in [5.74, 6) is 0.0255. The van der Waals surface area contributed by atoms with Crippen LogP contribution in [-0.4, -0.2) is 10.8 Å². The zero-order valence-electron chi connectivity index (χ0n) is 16.7. The summed E-state index contributed by atoms with van der Waals surface area (Å²) in [6, 6.07) is 22.0. The third-order valence-electron chi connectivity index (χ3n) is 5.00. The molecule has 1 heterocycles. The second-order valence-electron chi connectivity index (χ2n) is 7.22. The van der Waals surface area contributed by atoms with Gasteiger partial charge in [-0.3, -0.25) is 4.79 Å². The minimum Gasteiger partial charge on any atom is -0.355 e. The third-order valence-corrected chi connectivity index (χ3v) is 5.00. The van der Waals surface area contributed by atoms with Gasteiger partial charge in [0.05, 0.1) is 0 Å². The Morgan fingerprint density at radius 1 is 0.893 bits per heavy atom. The Bertz CT molecular complexity index is 891.